The number of benzene rings is 1. The Balaban J connectivity index is 2.62. The van der Waals surface area contributed by atoms with Crippen LogP contribution in [0.1, 0.15) is 0 Å². The Morgan fingerprint density at radius 3 is 2.83 bits per heavy atom. The quantitative estimate of drug-likeness (QED) is 0.288. The summed E-state index contributed by atoms with van der Waals surface area (Å²) in [6, 6.07) is 3.38. The number of amides is 1. The third-order valence-corrected chi connectivity index (χ3v) is 1.96. The second-order valence-corrected chi connectivity index (χ2v) is 3.35. The molecule has 1 rings (SSSR count). The molecule has 18 heavy (non-hydrogen) atoms. The number of nitro benzene ring substituents is 1. The lowest BCUT2D eigenvalue weighted by atomic mass is 10.2. The minimum absolute atomic E-state index is 0.0851. The van der Waals surface area contributed by atoms with Crippen LogP contribution in [-0.2, 0) is 9.53 Å². The number of carbonyl (C=O) groups is 1. The Morgan fingerprint density at radius 1 is 1.56 bits per heavy atom. The Labute approximate surface area is 103 Å². The number of nitrogens with one attached hydrogen (secondary N) is 1. The van der Waals surface area contributed by atoms with Crippen LogP contribution in [0.2, 0.25) is 0 Å². The third kappa shape index (κ3) is 4.00. The summed E-state index contributed by atoms with van der Waals surface area (Å²) in [6.07, 6.45) is 0. The Hall–Kier alpha value is -2.19. The minimum atomic E-state index is -0.643. The van der Waals surface area contributed by atoms with E-state index in [0.717, 1.165) is 6.07 Å². The van der Waals surface area contributed by atoms with Gasteiger partial charge in [-0.1, -0.05) is 0 Å². The number of ether oxygens (including phenoxy) is 1. The van der Waals surface area contributed by atoms with Crippen LogP contribution in [0, 0.1) is 10.1 Å². The van der Waals surface area contributed by atoms with Crippen LogP contribution in [0.5, 0.6) is 5.75 Å². The maximum atomic E-state index is 11.3. The molecule has 0 aliphatic heterocycles. The lowest BCUT2D eigenvalue weighted by molar-refractivity contribution is -0.384. The van der Waals surface area contributed by atoms with Gasteiger partial charge in [0.2, 0.25) is 5.91 Å². The van der Waals surface area contributed by atoms with Gasteiger partial charge in [-0.2, -0.15) is 0 Å². The van der Waals surface area contributed by atoms with Gasteiger partial charge in [0, 0.05) is 12.6 Å². The normalized spacial score (nSPS) is 10.1. The number of anilines is 1. The minimum Gasteiger partial charge on any atom is -0.506 e. The van der Waals surface area contributed by atoms with Gasteiger partial charge >= 0.3 is 0 Å². The van der Waals surface area contributed by atoms with Crippen molar-refractivity contribution >= 4 is 17.3 Å². The number of nitrogens with zero attached hydrogens (tertiary/aromatic N) is 1. The van der Waals surface area contributed by atoms with Gasteiger partial charge in [-0.25, -0.2) is 0 Å². The first-order valence-electron chi connectivity index (χ1n) is 5.09. The van der Waals surface area contributed by atoms with Crippen molar-refractivity contribution in [1.29, 1.82) is 0 Å². The number of phenolic OH excluding ortho intramolecular Hbond substituents is 1. The fourth-order valence-electron chi connectivity index (χ4n) is 1.17. The lowest BCUT2D eigenvalue weighted by Gasteiger charge is -2.07. The van der Waals surface area contributed by atoms with Gasteiger partial charge < -0.3 is 20.9 Å². The second kappa shape index (κ2) is 6.52. The first-order chi connectivity index (χ1) is 8.54. The van der Waals surface area contributed by atoms with Crippen molar-refractivity contribution in [2.45, 2.75) is 0 Å². The fourth-order valence-corrected chi connectivity index (χ4v) is 1.17. The number of hydrogen-bond acceptors (Lipinski definition) is 6. The van der Waals surface area contributed by atoms with E-state index >= 15 is 0 Å². The number of aromatic hydroxyl groups is 1. The van der Waals surface area contributed by atoms with Gasteiger partial charge in [-0.05, 0) is 6.07 Å². The smallest absolute Gasteiger partial charge is 0.273 e. The molecule has 0 unspecified atom stereocenters. The zero-order valence-corrected chi connectivity index (χ0v) is 9.46. The van der Waals surface area contributed by atoms with Crippen molar-refractivity contribution in [2.75, 3.05) is 25.1 Å². The topological polar surface area (TPSA) is 128 Å². The summed E-state index contributed by atoms with van der Waals surface area (Å²) in [7, 11) is 0. The summed E-state index contributed by atoms with van der Waals surface area (Å²) in [5, 5.41) is 22.3. The Morgan fingerprint density at radius 2 is 2.28 bits per heavy atom. The molecular formula is C10H13N3O5. The zero-order valence-electron chi connectivity index (χ0n) is 9.46. The van der Waals surface area contributed by atoms with Gasteiger partial charge in [0.15, 0.2) is 0 Å². The molecule has 0 atom stereocenters. The predicted octanol–water partition coefficient (Wildman–Crippen LogP) is 0.214. The molecule has 0 heterocycles. The maximum Gasteiger partial charge on any atom is 0.273 e. The highest BCUT2D eigenvalue weighted by atomic mass is 16.6. The molecule has 0 saturated heterocycles. The van der Waals surface area contributed by atoms with Crippen LogP contribution >= 0.6 is 0 Å². The molecule has 0 aromatic heterocycles. The molecule has 98 valence electrons. The van der Waals surface area contributed by atoms with E-state index in [2.05, 4.69) is 5.32 Å². The van der Waals surface area contributed by atoms with Crippen LogP contribution in [0.15, 0.2) is 18.2 Å². The molecule has 8 nitrogen and oxygen atoms in total. The number of nitrogens with two attached hydrogens (primary N) is 1. The van der Waals surface area contributed by atoms with Crippen molar-refractivity contribution in [2.24, 2.45) is 5.73 Å². The Kier molecular flexibility index (Phi) is 5.03. The molecule has 0 radical (unpaired) electrons. The molecule has 0 bridgehead atoms. The highest BCUT2D eigenvalue weighted by molar-refractivity contribution is 5.93. The van der Waals surface area contributed by atoms with Crippen LogP contribution < -0.4 is 11.1 Å². The van der Waals surface area contributed by atoms with E-state index < -0.39 is 10.8 Å². The number of phenols is 1. The third-order valence-electron chi connectivity index (χ3n) is 1.96. The molecular weight excluding hydrogens is 242 g/mol. The van der Waals surface area contributed by atoms with Crippen molar-refractivity contribution in [1.82, 2.24) is 0 Å². The van der Waals surface area contributed by atoms with E-state index in [1.165, 1.54) is 12.1 Å². The van der Waals surface area contributed by atoms with Crippen LogP contribution in [-0.4, -0.2) is 35.7 Å². The standard InChI is InChI=1S/C10H13N3O5/c11-3-4-18-6-10(15)12-8-2-1-7(13(16)17)5-9(8)14/h1-2,5,14H,3-4,6,11H2,(H,12,15). The molecule has 0 fully saturated rings. The molecule has 1 amide bonds. The van der Waals surface area contributed by atoms with Crippen molar-refractivity contribution in [3.8, 4) is 5.75 Å². The first kappa shape index (κ1) is 13.9. The largest absolute Gasteiger partial charge is 0.506 e. The highest BCUT2D eigenvalue weighted by Crippen LogP contribution is 2.27. The van der Waals surface area contributed by atoms with Gasteiger partial charge in [0.1, 0.15) is 12.4 Å². The molecule has 0 saturated carbocycles. The summed E-state index contributed by atoms with van der Waals surface area (Å²) in [5.74, 6) is -0.857. The predicted molar refractivity (Wildman–Crippen MR) is 63.3 cm³/mol. The van der Waals surface area contributed by atoms with Crippen LogP contribution in [0.3, 0.4) is 0 Å². The van der Waals surface area contributed by atoms with E-state index in [4.69, 9.17) is 10.5 Å². The molecule has 4 N–H and O–H groups in total. The number of non-ortho nitro benzene ring substituents is 1. The number of carbonyl (C=O) groups excluding carboxylic acids is 1. The number of hydrogen-bond donors (Lipinski definition) is 3. The van der Waals surface area contributed by atoms with E-state index in [-0.39, 0.29) is 30.3 Å². The summed E-state index contributed by atoms with van der Waals surface area (Å²) in [4.78, 5) is 21.1. The highest BCUT2D eigenvalue weighted by Gasteiger charge is 2.11. The molecule has 1 aromatic carbocycles. The van der Waals surface area contributed by atoms with Gasteiger partial charge in [-0.3, -0.25) is 14.9 Å². The number of rotatable bonds is 6. The van der Waals surface area contributed by atoms with E-state index in [0.29, 0.717) is 6.54 Å². The van der Waals surface area contributed by atoms with E-state index in [9.17, 15) is 20.0 Å². The first-order valence-corrected chi connectivity index (χ1v) is 5.09. The number of nitro groups is 1. The molecule has 8 heteroatoms. The molecule has 0 aliphatic carbocycles. The Bertz CT molecular complexity index is 449. The van der Waals surface area contributed by atoms with Gasteiger partial charge in [0.05, 0.1) is 23.3 Å². The zero-order chi connectivity index (χ0) is 13.5. The van der Waals surface area contributed by atoms with Crippen molar-refractivity contribution < 1.29 is 19.6 Å². The SMILES string of the molecule is NCCOCC(=O)Nc1ccc([N+](=O)[O-])cc1O. The average molecular weight is 255 g/mol. The summed E-state index contributed by atoms with van der Waals surface area (Å²) >= 11 is 0. The van der Waals surface area contributed by atoms with E-state index in [1.807, 2.05) is 0 Å². The van der Waals surface area contributed by atoms with Crippen molar-refractivity contribution in [3.63, 3.8) is 0 Å². The molecule has 1 aromatic rings. The molecule has 0 spiro atoms. The summed E-state index contributed by atoms with van der Waals surface area (Å²) < 4.78 is 4.89. The van der Waals surface area contributed by atoms with Crippen LogP contribution in [0.4, 0.5) is 11.4 Å². The fraction of sp³-hybridized carbons (Fsp3) is 0.300. The summed E-state index contributed by atoms with van der Waals surface area (Å²) in [6.45, 7) is 0.351. The van der Waals surface area contributed by atoms with Crippen molar-refractivity contribution in [3.05, 3.63) is 28.3 Å². The van der Waals surface area contributed by atoms with E-state index in [1.54, 1.807) is 0 Å². The van der Waals surface area contributed by atoms with Crippen LogP contribution in [0.25, 0.3) is 0 Å². The molecule has 0 aliphatic rings. The average Bonchev–Trinajstić information content (AvgIpc) is 2.32. The summed E-state index contributed by atoms with van der Waals surface area (Å²) in [5.41, 5.74) is 5.00. The second-order valence-electron chi connectivity index (χ2n) is 3.35. The monoisotopic (exact) mass is 255 g/mol. The maximum absolute atomic E-state index is 11.3. The van der Waals surface area contributed by atoms with Gasteiger partial charge in [0.25, 0.3) is 5.69 Å². The lowest BCUT2D eigenvalue weighted by Crippen LogP contribution is -2.20. The van der Waals surface area contributed by atoms with Gasteiger partial charge in [-0.15, -0.1) is 0 Å².